The molecule has 118 valence electrons. The fraction of sp³-hybridized carbons (Fsp3) is 0.533. The zero-order valence-electron chi connectivity index (χ0n) is 13.2. The van der Waals surface area contributed by atoms with Crippen molar-refractivity contribution in [3.63, 3.8) is 0 Å². The van der Waals surface area contributed by atoms with E-state index in [9.17, 15) is 4.79 Å². The minimum Gasteiger partial charge on any atom is -0.494 e. The summed E-state index contributed by atoms with van der Waals surface area (Å²) in [7, 11) is 3.42. The standard InChI is InChI=1S/C15H25N3O3/c1-11(2)21-8-7-18(3)10-15(19)17-13-6-5-12(16)9-14(13)20-4/h5-6,9,11H,7-8,10,16H2,1-4H3,(H,17,19). The largest absolute Gasteiger partial charge is 0.494 e. The van der Waals surface area contributed by atoms with E-state index in [4.69, 9.17) is 15.2 Å². The number of carbonyl (C=O) groups is 1. The van der Waals surface area contributed by atoms with Gasteiger partial charge in [0.15, 0.2) is 0 Å². The van der Waals surface area contributed by atoms with Crippen LogP contribution in [0.15, 0.2) is 18.2 Å². The fourth-order valence-electron chi connectivity index (χ4n) is 1.77. The van der Waals surface area contributed by atoms with E-state index in [1.807, 2.05) is 25.8 Å². The average Bonchev–Trinajstić information content (AvgIpc) is 2.40. The Morgan fingerprint density at radius 1 is 1.43 bits per heavy atom. The van der Waals surface area contributed by atoms with Crippen molar-refractivity contribution in [1.29, 1.82) is 0 Å². The minimum absolute atomic E-state index is 0.106. The first-order chi connectivity index (χ1) is 9.92. The zero-order chi connectivity index (χ0) is 15.8. The lowest BCUT2D eigenvalue weighted by molar-refractivity contribution is -0.117. The van der Waals surface area contributed by atoms with Gasteiger partial charge in [-0.2, -0.15) is 0 Å². The Kier molecular flexibility index (Phi) is 6.98. The Balaban J connectivity index is 2.46. The van der Waals surface area contributed by atoms with Gasteiger partial charge in [-0.3, -0.25) is 9.69 Å². The summed E-state index contributed by atoms with van der Waals surface area (Å²) >= 11 is 0. The van der Waals surface area contributed by atoms with E-state index >= 15 is 0 Å². The van der Waals surface area contributed by atoms with Crippen molar-refractivity contribution in [2.45, 2.75) is 20.0 Å². The van der Waals surface area contributed by atoms with Gasteiger partial charge >= 0.3 is 0 Å². The number of likely N-dealkylation sites (N-methyl/N-ethyl adjacent to an activating group) is 1. The van der Waals surface area contributed by atoms with Crippen LogP contribution in [0.2, 0.25) is 0 Å². The number of nitrogens with zero attached hydrogens (tertiary/aromatic N) is 1. The number of nitrogens with two attached hydrogens (primary N) is 1. The highest BCUT2D eigenvalue weighted by Crippen LogP contribution is 2.26. The van der Waals surface area contributed by atoms with Crippen molar-refractivity contribution in [3.05, 3.63) is 18.2 Å². The van der Waals surface area contributed by atoms with Crippen LogP contribution in [-0.4, -0.2) is 50.8 Å². The smallest absolute Gasteiger partial charge is 0.238 e. The molecular weight excluding hydrogens is 270 g/mol. The van der Waals surface area contributed by atoms with Crippen molar-refractivity contribution in [2.75, 3.05) is 44.9 Å². The summed E-state index contributed by atoms with van der Waals surface area (Å²) in [5.74, 6) is 0.444. The quantitative estimate of drug-likeness (QED) is 0.712. The summed E-state index contributed by atoms with van der Waals surface area (Å²) < 4.78 is 10.6. The van der Waals surface area contributed by atoms with E-state index in [-0.39, 0.29) is 18.6 Å². The van der Waals surface area contributed by atoms with Gasteiger partial charge in [-0.15, -0.1) is 0 Å². The number of hydrogen-bond acceptors (Lipinski definition) is 5. The van der Waals surface area contributed by atoms with Crippen LogP contribution in [0.25, 0.3) is 0 Å². The first-order valence-corrected chi connectivity index (χ1v) is 6.96. The number of ether oxygens (including phenoxy) is 2. The first kappa shape index (κ1) is 17.3. The lowest BCUT2D eigenvalue weighted by Gasteiger charge is -2.18. The third-order valence-corrected chi connectivity index (χ3v) is 2.84. The number of nitrogen functional groups attached to an aromatic ring is 1. The van der Waals surface area contributed by atoms with E-state index in [0.29, 0.717) is 30.3 Å². The number of methoxy groups -OCH3 is 1. The molecule has 1 aromatic carbocycles. The summed E-state index contributed by atoms with van der Waals surface area (Å²) in [6.45, 7) is 5.56. The fourth-order valence-corrected chi connectivity index (χ4v) is 1.77. The second-order valence-corrected chi connectivity index (χ2v) is 5.17. The van der Waals surface area contributed by atoms with Crippen molar-refractivity contribution >= 4 is 17.3 Å². The monoisotopic (exact) mass is 295 g/mol. The highest BCUT2D eigenvalue weighted by atomic mass is 16.5. The number of carbonyl (C=O) groups excluding carboxylic acids is 1. The van der Waals surface area contributed by atoms with Gasteiger partial charge in [-0.1, -0.05) is 0 Å². The van der Waals surface area contributed by atoms with Gasteiger partial charge in [0.05, 0.1) is 32.1 Å². The molecule has 0 atom stereocenters. The van der Waals surface area contributed by atoms with Crippen LogP contribution in [0.3, 0.4) is 0 Å². The Morgan fingerprint density at radius 3 is 2.76 bits per heavy atom. The van der Waals surface area contributed by atoms with Crippen LogP contribution in [0.1, 0.15) is 13.8 Å². The molecule has 0 radical (unpaired) electrons. The third-order valence-electron chi connectivity index (χ3n) is 2.84. The number of rotatable bonds is 8. The number of benzene rings is 1. The molecule has 0 bridgehead atoms. The number of nitrogens with one attached hydrogen (secondary N) is 1. The molecule has 0 saturated carbocycles. The van der Waals surface area contributed by atoms with Gasteiger partial charge in [0.2, 0.25) is 5.91 Å². The Labute approximate surface area is 126 Å². The second-order valence-electron chi connectivity index (χ2n) is 5.17. The highest BCUT2D eigenvalue weighted by molar-refractivity contribution is 5.94. The normalized spacial score (nSPS) is 11.0. The zero-order valence-corrected chi connectivity index (χ0v) is 13.2. The first-order valence-electron chi connectivity index (χ1n) is 6.96. The van der Waals surface area contributed by atoms with Gasteiger partial charge in [0.25, 0.3) is 0 Å². The highest BCUT2D eigenvalue weighted by Gasteiger charge is 2.10. The summed E-state index contributed by atoms with van der Waals surface area (Å²) in [4.78, 5) is 13.9. The molecule has 6 heteroatoms. The molecule has 0 aromatic heterocycles. The maximum absolute atomic E-state index is 12.0. The number of hydrogen-bond donors (Lipinski definition) is 2. The predicted molar refractivity (Wildman–Crippen MR) is 84.6 cm³/mol. The number of anilines is 2. The van der Waals surface area contributed by atoms with Crippen molar-refractivity contribution in [1.82, 2.24) is 4.90 Å². The lowest BCUT2D eigenvalue weighted by atomic mass is 10.2. The average molecular weight is 295 g/mol. The predicted octanol–water partition coefficient (Wildman–Crippen LogP) is 1.57. The van der Waals surface area contributed by atoms with Crippen molar-refractivity contribution in [3.8, 4) is 5.75 Å². The molecule has 0 saturated heterocycles. The second kappa shape index (κ2) is 8.49. The molecule has 1 amide bonds. The van der Waals surface area contributed by atoms with Crippen molar-refractivity contribution < 1.29 is 14.3 Å². The Morgan fingerprint density at radius 2 is 2.14 bits per heavy atom. The molecule has 1 rings (SSSR count). The van der Waals surface area contributed by atoms with Gasteiger partial charge in [0, 0.05) is 18.3 Å². The van der Waals surface area contributed by atoms with E-state index in [1.165, 1.54) is 0 Å². The summed E-state index contributed by atoms with van der Waals surface area (Å²) in [6.07, 6.45) is 0.200. The molecule has 0 spiro atoms. The summed E-state index contributed by atoms with van der Waals surface area (Å²) in [5.41, 5.74) is 6.88. The molecule has 0 unspecified atom stereocenters. The molecule has 0 heterocycles. The maximum Gasteiger partial charge on any atom is 0.238 e. The van der Waals surface area contributed by atoms with Crippen LogP contribution in [0.4, 0.5) is 11.4 Å². The molecule has 0 aliphatic carbocycles. The Hall–Kier alpha value is -1.79. The molecule has 0 aliphatic rings. The molecule has 21 heavy (non-hydrogen) atoms. The van der Waals surface area contributed by atoms with Crippen molar-refractivity contribution in [2.24, 2.45) is 0 Å². The molecular formula is C15H25N3O3. The van der Waals surface area contributed by atoms with Gasteiger partial charge < -0.3 is 20.5 Å². The van der Waals surface area contributed by atoms with E-state index < -0.39 is 0 Å². The van der Waals surface area contributed by atoms with Gasteiger partial charge in [0.1, 0.15) is 5.75 Å². The molecule has 0 aliphatic heterocycles. The topological polar surface area (TPSA) is 76.8 Å². The summed E-state index contributed by atoms with van der Waals surface area (Å²) in [6, 6.07) is 5.13. The molecule has 3 N–H and O–H groups in total. The van der Waals surface area contributed by atoms with E-state index in [0.717, 1.165) is 0 Å². The van der Waals surface area contributed by atoms with Crippen LogP contribution in [0, 0.1) is 0 Å². The molecule has 1 aromatic rings. The SMILES string of the molecule is COc1cc(N)ccc1NC(=O)CN(C)CCOC(C)C. The third kappa shape index (κ3) is 6.46. The number of amides is 1. The van der Waals surface area contributed by atoms with Crippen LogP contribution in [-0.2, 0) is 9.53 Å². The van der Waals surface area contributed by atoms with Gasteiger partial charge in [-0.25, -0.2) is 0 Å². The molecule has 0 fully saturated rings. The molecule has 6 nitrogen and oxygen atoms in total. The lowest BCUT2D eigenvalue weighted by Crippen LogP contribution is -2.33. The Bertz CT molecular complexity index is 463. The van der Waals surface area contributed by atoms with Crippen LogP contribution < -0.4 is 15.8 Å². The van der Waals surface area contributed by atoms with Gasteiger partial charge in [-0.05, 0) is 33.0 Å². The van der Waals surface area contributed by atoms with E-state index in [2.05, 4.69) is 5.32 Å². The minimum atomic E-state index is -0.106. The maximum atomic E-state index is 12.0. The van der Waals surface area contributed by atoms with E-state index in [1.54, 1.807) is 25.3 Å². The van der Waals surface area contributed by atoms with Crippen LogP contribution >= 0.6 is 0 Å². The van der Waals surface area contributed by atoms with Crippen LogP contribution in [0.5, 0.6) is 5.75 Å². The summed E-state index contributed by atoms with van der Waals surface area (Å²) in [5, 5.41) is 2.82.